The summed E-state index contributed by atoms with van der Waals surface area (Å²) in [5.41, 5.74) is 20.6. The van der Waals surface area contributed by atoms with Crippen LogP contribution >= 0.6 is 0 Å². The van der Waals surface area contributed by atoms with Crippen molar-refractivity contribution in [3.8, 4) is 22.6 Å². The highest BCUT2D eigenvalue weighted by Gasteiger charge is 2.25. The first kappa shape index (κ1) is 25.1. The predicted molar refractivity (Wildman–Crippen MR) is 134 cm³/mol. The quantitative estimate of drug-likeness (QED) is 0.366. The molecule has 0 aliphatic heterocycles. The van der Waals surface area contributed by atoms with Gasteiger partial charge in [-0.3, -0.25) is 0 Å². The van der Waals surface area contributed by atoms with Crippen molar-refractivity contribution >= 4 is 27.8 Å². The van der Waals surface area contributed by atoms with E-state index in [-0.39, 0.29) is 30.6 Å². The van der Waals surface area contributed by atoms with Crippen molar-refractivity contribution in [1.29, 1.82) is 0 Å². The van der Waals surface area contributed by atoms with Crippen LogP contribution in [0.4, 0.5) is 17.5 Å². The van der Waals surface area contributed by atoms with Crippen LogP contribution in [0, 0.1) is 0 Å². The Balaban J connectivity index is 2.20. The molecule has 0 saturated carbocycles. The number of rotatable bonds is 10. The molecule has 0 saturated heterocycles. The van der Waals surface area contributed by atoms with Crippen molar-refractivity contribution in [2.24, 2.45) is 0 Å². The maximum atomic E-state index is 13.0. The SMILES string of the molecule is CCOc1cc(Cc2cnc(N)nc2N)cc(OS(=O)(=O)N(CC)CC)c1-c1cccc(N)c1. The van der Waals surface area contributed by atoms with E-state index in [0.29, 0.717) is 46.7 Å². The zero-order valence-corrected chi connectivity index (χ0v) is 20.3. The molecule has 0 fully saturated rings. The molecule has 2 aromatic carbocycles. The van der Waals surface area contributed by atoms with Crippen LogP contribution in [-0.2, 0) is 16.7 Å². The normalized spacial score (nSPS) is 11.5. The van der Waals surface area contributed by atoms with Gasteiger partial charge in [0.25, 0.3) is 0 Å². The van der Waals surface area contributed by atoms with E-state index < -0.39 is 10.3 Å². The van der Waals surface area contributed by atoms with Crippen LogP contribution in [0.3, 0.4) is 0 Å². The molecule has 0 spiro atoms. The van der Waals surface area contributed by atoms with Gasteiger partial charge in [0.2, 0.25) is 5.95 Å². The number of hydrogen-bond donors (Lipinski definition) is 3. The van der Waals surface area contributed by atoms with Gasteiger partial charge < -0.3 is 26.1 Å². The number of anilines is 3. The standard InChI is InChI=1S/C23H30N6O4S/c1-4-29(5-2)34(30,31)33-20-12-15(10-17-14-27-23(26)28-22(17)25)11-19(32-6-3)21(20)16-8-7-9-18(24)13-16/h7-9,11-14H,4-6,10,24H2,1-3H3,(H4,25,26,27,28). The number of nitrogens with two attached hydrogens (primary N) is 3. The number of nitrogens with zero attached hydrogens (tertiary/aromatic N) is 3. The molecule has 0 aliphatic carbocycles. The van der Waals surface area contributed by atoms with E-state index in [1.54, 1.807) is 38.1 Å². The largest absolute Gasteiger partial charge is 0.493 e. The number of hydrogen-bond acceptors (Lipinski definition) is 9. The van der Waals surface area contributed by atoms with Crippen LogP contribution in [0.25, 0.3) is 11.1 Å². The second kappa shape index (κ2) is 10.6. The van der Waals surface area contributed by atoms with Gasteiger partial charge in [-0.2, -0.15) is 17.7 Å². The minimum Gasteiger partial charge on any atom is -0.493 e. The lowest BCUT2D eigenvalue weighted by atomic mass is 9.98. The molecule has 11 heteroatoms. The van der Waals surface area contributed by atoms with Crippen molar-refractivity contribution in [3.05, 3.63) is 53.7 Å². The summed E-state index contributed by atoms with van der Waals surface area (Å²) in [4.78, 5) is 8.00. The number of ether oxygens (including phenoxy) is 1. The molecule has 6 N–H and O–H groups in total. The summed E-state index contributed by atoms with van der Waals surface area (Å²) < 4.78 is 38.9. The number of benzene rings is 2. The van der Waals surface area contributed by atoms with E-state index in [9.17, 15) is 8.42 Å². The summed E-state index contributed by atoms with van der Waals surface area (Å²) in [7, 11) is -4.07. The molecule has 34 heavy (non-hydrogen) atoms. The average molecular weight is 487 g/mol. The van der Waals surface area contributed by atoms with Gasteiger partial charge in [0, 0.05) is 37.0 Å². The lowest BCUT2D eigenvalue weighted by Gasteiger charge is -2.22. The van der Waals surface area contributed by atoms with Crippen molar-refractivity contribution < 1.29 is 17.3 Å². The maximum absolute atomic E-state index is 13.0. The van der Waals surface area contributed by atoms with Crippen LogP contribution in [0.1, 0.15) is 31.9 Å². The zero-order chi connectivity index (χ0) is 24.9. The van der Waals surface area contributed by atoms with Crippen LogP contribution in [0.5, 0.6) is 11.5 Å². The van der Waals surface area contributed by atoms with E-state index >= 15 is 0 Å². The van der Waals surface area contributed by atoms with E-state index in [2.05, 4.69) is 9.97 Å². The van der Waals surface area contributed by atoms with Crippen molar-refractivity contribution in [1.82, 2.24) is 14.3 Å². The molecule has 1 heterocycles. The second-order valence-electron chi connectivity index (χ2n) is 7.47. The van der Waals surface area contributed by atoms with E-state index in [1.807, 2.05) is 19.1 Å². The molecule has 3 rings (SSSR count). The molecular weight excluding hydrogens is 456 g/mol. The fraction of sp³-hybridized carbons (Fsp3) is 0.304. The Hall–Kier alpha value is -3.57. The molecule has 182 valence electrons. The Morgan fingerprint density at radius 3 is 2.32 bits per heavy atom. The summed E-state index contributed by atoms with van der Waals surface area (Å²) in [5.74, 6) is 0.880. The highest BCUT2D eigenvalue weighted by Crippen LogP contribution is 2.42. The third kappa shape index (κ3) is 5.67. The fourth-order valence-electron chi connectivity index (χ4n) is 3.56. The fourth-order valence-corrected chi connectivity index (χ4v) is 4.65. The van der Waals surface area contributed by atoms with Gasteiger partial charge in [0.15, 0.2) is 5.75 Å². The summed E-state index contributed by atoms with van der Waals surface area (Å²) in [6.07, 6.45) is 1.85. The van der Waals surface area contributed by atoms with Gasteiger partial charge >= 0.3 is 10.3 Å². The predicted octanol–water partition coefficient (Wildman–Crippen LogP) is 2.85. The van der Waals surface area contributed by atoms with Crippen LogP contribution in [0.2, 0.25) is 0 Å². The minimum absolute atomic E-state index is 0.0719. The first-order chi connectivity index (χ1) is 16.2. The molecule has 0 aliphatic rings. The molecule has 3 aromatic rings. The van der Waals surface area contributed by atoms with Crippen molar-refractivity contribution in [2.45, 2.75) is 27.2 Å². The molecule has 0 bridgehead atoms. The molecule has 0 unspecified atom stereocenters. The van der Waals surface area contributed by atoms with Crippen LogP contribution < -0.4 is 26.1 Å². The average Bonchev–Trinajstić information content (AvgIpc) is 2.76. The van der Waals surface area contributed by atoms with E-state index in [4.69, 9.17) is 26.1 Å². The number of nitrogen functional groups attached to an aromatic ring is 3. The van der Waals surface area contributed by atoms with Gasteiger partial charge in [-0.1, -0.05) is 26.0 Å². The second-order valence-corrected chi connectivity index (χ2v) is 9.00. The first-order valence-electron chi connectivity index (χ1n) is 10.9. The van der Waals surface area contributed by atoms with Crippen molar-refractivity contribution in [2.75, 3.05) is 36.9 Å². The molecule has 0 atom stereocenters. The lowest BCUT2D eigenvalue weighted by Crippen LogP contribution is -2.34. The summed E-state index contributed by atoms with van der Waals surface area (Å²) >= 11 is 0. The Kier molecular flexibility index (Phi) is 7.79. The maximum Gasteiger partial charge on any atom is 0.385 e. The van der Waals surface area contributed by atoms with Crippen molar-refractivity contribution in [3.63, 3.8) is 0 Å². The summed E-state index contributed by atoms with van der Waals surface area (Å²) in [5, 5.41) is 0. The summed E-state index contributed by atoms with van der Waals surface area (Å²) in [6.45, 7) is 6.22. The highest BCUT2D eigenvalue weighted by atomic mass is 32.2. The molecular formula is C23H30N6O4S. The molecule has 0 amide bonds. The Morgan fingerprint density at radius 2 is 1.71 bits per heavy atom. The van der Waals surface area contributed by atoms with E-state index in [1.165, 1.54) is 10.5 Å². The molecule has 1 aromatic heterocycles. The van der Waals surface area contributed by atoms with Gasteiger partial charge in [-0.15, -0.1) is 0 Å². The van der Waals surface area contributed by atoms with Gasteiger partial charge in [0.1, 0.15) is 11.6 Å². The lowest BCUT2D eigenvalue weighted by molar-refractivity contribution is 0.339. The Morgan fingerprint density at radius 1 is 1.00 bits per heavy atom. The third-order valence-electron chi connectivity index (χ3n) is 5.13. The van der Waals surface area contributed by atoms with E-state index in [0.717, 1.165) is 0 Å². The number of aromatic nitrogens is 2. The smallest absolute Gasteiger partial charge is 0.385 e. The zero-order valence-electron chi connectivity index (χ0n) is 19.5. The monoisotopic (exact) mass is 486 g/mol. The van der Waals surface area contributed by atoms with Crippen LogP contribution in [0.15, 0.2) is 42.6 Å². The summed E-state index contributed by atoms with van der Waals surface area (Å²) in [6, 6.07) is 10.5. The van der Waals surface area contributed by atoms with Gasteiger partial charge in [-0.25, -0.2) is 4.98 Å². The Labute approximate surface area is 200 Å². The molecule has 10 nitrogen and oxygen atoms in total. The third-order valence-corrected chi connectivity index (χ3v) is 6.67. The first-order valence-corrected chi connectivity index (χ1v) is 12.3. The highest BCUT2D eigenvalue weighted by molar-refractivity contribution is 7.84. The van der Waals surface area contributed by atoms with Gasteiger partial charge in [0.05, 0.1) is 12.2 Å². The van der Waals surface area contributed by atoms with Gasteiger partial charge in [-0.05, 0) is 42.3 Å². The molecule has 0 radical (unpaired) electrons. The Bertz CT molecular complexity index is 1260. The topological polar surface area (TPSA) is 160 Å². The minimum atomic E-state index is -4.07. The van der Waals surface area contributed by atoms with Crippen LogP contribution in [-0.4, -0.2) is 42.4 Å².